The predicted molar refractivity (Wildman–Crippen MR) is 56.1 cm³/mol. The average molecular weight is 234 g/mol. The molecule has 4 amide bonds. The Balaban J connectivity index is 2.36. The number of urea groups is 1. The van der Waals surface area contributed by atoms with Crippen LogP contribution in [0.2, 0.25) is 0 Å². The lowest BCUT2D eigenvalue weighted by atomic mass is 10.1. The summed E-state index contributed by atoms with van der Waals surface area (Å²) in [6.45, 7) is 0. The second-order valence-electron chi connectivity index (χ2n) is 3.35. The van der Waals surface area contributed by atoms with Gasteiger partial charge in [0.1, 0.15) is 11.4 Å². The fraction of sp³-hybridized carbons (Fsp3) is 0. The normalized spacial score (nSPS) is 15.4. The quantitative estimate of drug-likeness (QED) is 0.551. The molecule has 0 aliphatic carbocycles. The molecule has 0 radical (unpaired) electrons. The minimum atomic E-state index is -0.864. The summed E-state index contributed by atoms with van der Waals surface area (Å²) < 4.78 is 12.9. The van der Waals surface area contributed by atoms with Gasteiger partial charge < -0.3 is 0 Å². The van der Waals surface area contributed by atoms with E-state index in [0.29, 0.717) is 5.56 Å². The Hall–Kier alpha value is -2.50. The summed E-state index contributed by atoms with van der Waals surface area (Å²) in [4.78, 5) is 33.5. The van der Waals surface area contributed by atoms with Gasteiger partial charge in [0, 0.05) is 0 Å². The molecule has 1 aliphatic rings. The first-order valence-corrected chi connectivity index (χ1v) is 4.70. The molecule has 0 spiro atoms. The third-order valence-corrected chi connectivity index (χ3v) is 2.10. The van der Waals surface area contributed by atoms with Crippen molar-refractivity contribution in [2.75, 3.05) is 0 Å². The Morgan fingerprint density at radius 3 is 2.29 bits per heavy atom. The fourth-order valence-corrected chi connectivity index (χ4v) is 1.37. The molecule has 0 saturated carbocycles. The minimum absolute atomic E-state index is 0.241. The van der Waals surface area contributed by atoms with Gasteiger partial charge >= 0.3 is 6.03 Å². The van der Waals surface area contributed by atoms with Gasteiger partial charge in [0.25, 0.3) is 11.8 Å². The third-order valence-electron chi connectivity index (χ3n) is 2.10. The summed E-state index contributed by atoms with van der Waals surface area (Å²) in [6, 6.07) is 4.53. The van der Waals surface area contributed by atoms with E-state index in [-0.39, 0.29) is 5.57 Å². The van der Waals surface area contributed by atoms with E-state index in [9.17, 15) is 18.8 Å². The Kier molecular flexibility index (Phi) is 2.70. The number of halogens is 1. The molecule has 1 fully saturated rings. The van der Waals surface area contributed by atoms with Gasteiger partial charge in [0.15, 0.2) is 0 Å². The lowest BCUT2D eigenvalue weighted by Gasteiger charge is -2.13. The van der Waals surface area contributed by atoms with Crippen LogP contribution in [0.15, 0.2) is 29.8 Å². The van der Waals surface area contributed by atoms with Gasteiger partial charge in [-0.2, -0.15) is 0 Å². The van der Waals surface area contributed by atoms with Crippen LogP contribution >= 0.6 is 0 Å². The first-order chi connectivity index (χ1) is 8.06. The molecule has 1 aromatic rings. The van der Waals surface area contributed by atoms with Gasteiger partial charge in [0.2, 0.25) is 0 Å². The highest BCUT2D eigenvalue weighted by atomic mass is 19.1. The van der Waals surface area contributed by atoms with E-state index in [0.717, 1.165) is 0 Å². The van der Waals surface area contributed by atoms with Gasteiger partial charge in [-0.3, -0.25) is 20.2 Å². The molecule has 0 bridgehead atoms. The zero-order valence-corrected chi connectivity index (χ0v) is 8.49. The van der Waals surface area contributed by atoms with Gasteiger partial charge in [-0.05, 0) is 23.8 Å². The van der Waals surface area contributed by atoms with Crippen molar-refractivity contribution in [2.24, 2.45) is 0 Å². The van der Waals surface area contributed by atoms with E-state index in [1.165, 1.54) is 30.3 Å². The Labute approximate surface area is 95.3 Å². The maximum atomic E-state index is 12.9. The van der Waals surface area contributed by atoms with Gasteiger partial charge in [0.05, 0.1) is 0 Å². The molecule has 0 unspecified atom stereocenters. The number of nitrogens with one attached hydrogen (secondary N) is 2. The summed E-state index contributed by atoms with van der Waals surface area (Å²) in [5.74, 6) is -2.09. The molecular formula is C11H7FN2O3. The summed E-state index contributed by atoms with van der Waals surface area (Å²) in [5.41, 5.74) is 0.120. The highest BCUT2D eigenvalue weighted by Crippen LogP contribution is 2.10. The number of hydrogen-bond donors (Lipinski definition) is 2. The van der Waals surface area contributed by atoms with E-state index in [2.05, 4.69) is 0 Å². The summed E-state index contributed by atoms with van der Waals surface area (Å²) in [7, 11) is 0. The minimum Gasteiger partial charge on any atom is -0.273 e. The molecule has 1 heterocycles. The zero-order chi connectivity index (χ0) is 12.4. The van der Waals surface area contributed by atoms with Crippen LogP contribution in [0.3, 0.4) is 0 Å². The summed E-state index contributed by atoms with van der Waals surface area (Å²) >= 11 is 0. The first kappa shape index (κ1) is 11.0. The number of barbiturate groups is 1. The van der Waals surface area contributed by atoms with E-state index >= 15 is 0 Å². The molecular weight excluding hydrogens is 227 g/mol. The highest BCUT2D eigenvalue weighted by Gasteiger charge is 2.27. The van der Waals surface area contributed by atoms with Gasteiger partial charge in [-0.25, -0.2) is 9.18 Å². The molecule has 0 atom stereocenters. The number of rotatable bonds is 1. The van der Waals surface area contributed by atoms with Gasteiger partial charge in [-0.1, -0.05) is 12.1 Å². The van der Waals surface area contributed by atoms with Crippen molar-refractivity contribution >= 4 is 23.9 Å². The summed E-state index contributed by atoms with van der Waals surface area (Å²) in [6.07, 6.45) is 1.21. The van der Waals surface area contributed by atoms with E-state index in [1.54, 1.807) is 0 Å². The average Bonchev–Trinajstić information content (AvgIpc) is 2.23. The van der Waals surface area contributed by atoms with Crippen molar-refractivity contribution < 1.29 is 18.8 Å². The van der Waals surface area contributed by atoms with Crippen molar-refractivity contribution in [1.29, 1.82) is 0 Å². The lowest BCUT2D eigenvalue weighted by molar-refractivity contribution is -0.123. The maximum absolute atomic E-state index is 12.9. The molecule has 1 aliphatic heterocycles. The molecule has 86 valence electrons. The largest absolute Gasteiger partial charge is 0.328 e. The van der Waals surface area contributed by atoms with Crippen molar-refractivity contribution in [1.82, 2.24) is 10.6 Å². The second kappa shape index (κ2) is 4.17. The summed E-state index contributed by atoms with van der Waals surface area (Å²) in [5, 5.41) is 3.85. The molecule has 2 rings (SSSR count). The van der Waals surface area contributed by atoms with Gasteiger partial charge in [-0.15, -0.1) is 0 Å². The first-order valence-electron chi connectivity index (χ1n) is 4.70. The van der Waals surface area contributed by atoms with Crippen molar-refractivity contribution in [3.05, 3.63) is 41.2 Å². The van der Waals surface area contributed by atoms with Crippen molar-refractivity contribution in [3.63, 3.8) is 0 Å². The SMILES string of the molecule is O=C1NC(=O)C(=Cc2cccc(F)c2)C(=O)N1. The number of carbonyl (C=O) groups is 3. The van der Waals surface area contributed by atoms with Crippen LogP contribution in [-0.2, 0) is 9.59 Å². The molecule has 2 N–H and O–H groups in total. The number of hydrogen-bond acceptors (Lipinski definition) is 3. The van der Waals surface area contributed by atoms with Crippen molar-refractivity contribution in [2.45, 2.75) is 0 Å². The third kappa shape index (κ3) is 2.36. The van der Waals surface area contributed by atoms with E-state index < -0.39 is 23.7 Å². The topological polar surface area (TPSA) is 75.3 Å². The molecule has 17 heavy (non-hydrogen) atoms. The molecule has 5 nitrogen and oxygen atoms in total. The van der Waals surface area contributed by atoms with Crippen LogP contribution in [0.5, 0.6) is 0 Å². The number of imide groups is 2. The standard InChI is InChI=1S/C11H7FN2O3/c12-7-3-1-2-6(4-7)5-8-9(15)13-11(17)14-10(8)16/h1-5H,(H2,13,14,15,16,17). The van der Waals surface area contributed by atoms with Crippen LogP contribution in [0.1, 0.15) is 5.56 Å². The smallest absolute Gasteiger partial charge is 0.273 e. The number of benzene rings is 1. The van der Waals surface area contributed by atoms with E-state index in [1.807, 2.05) is 10.6 Å². The Morgan fingerprint density at radius 2 is 1.71 bits per heavy atom. The van der Waals surface area contributed by atoms with Crippen LogP contribution in [-0.4, -0.2) is 17.8 Å². The highest BCUT2D eigenvalue weighted by molar-refractivity contribution is 6.31. The fourth-order valence-electron chi connectivity index (χ4n) is 1.37. The zero-order valence-electron chi connectivity index (χ0n) is 8.49. The predicted octanol–water partition coefficient (Wildman–Crippen LogP) is 0.575. The van der Waals surface area contributed by atoms with Crippen LogP contribution < -0.4 is 10.6 Å². The van der Waals surface area contributed by atoms with Crippen molar-refractivity contribution in [3.8, 4) is 0 Å². The molecule has 1 aromatic carbocycles. The Bertz CT molecular complexity index is 529. The lowest BCUT2D eigenvalue weighted by Crippen LogP contribution is -2.51. The second-order valence-corrected chi connectivity index (χ2v) is 3.35. The van der Waals surface area contributed by atoms with Crippen LogP contribution in [0.4, 0.5) is 9.18 Å². The monoisotopic (exact) mass is 234 g/mol. The Morgan fingerprint density at radius 1 is 1.06 bits per heavy atom. The van der Waals surface area contributed by atoms with Crippen LogP contribution in [0, 0.1) is 5.82 Å². The maximum Gasteiger partial charge on any atom is 0.328 e. The molecule has 6 heteroatoms. The molecule has 1 saturated heterocycles. The number of amides is 4. The number of carbonyl (C=O) groups excluding carboxylic acids is 3. The van der Waals surface area contributed by atoms with E-state index in [4.69, 9.17) is 0 Å². The van der Waals surface area contributed by atoms with Crippen LogP contribution in [0.25, 0.3) is 6.08 Å². The molecule has 0 aromatic heterocycles.